The molecule has 0 aliphatic carbocycles. The first-order valence-corrected chi connectivity index (χ1v) is 10.5. The maximum atomic E-state index is 13.0. The minimum atomic E-state index is -0.997. The number of carbonyl (C=O) groups is 1. The van der Waals surface area contributed by atoms with Gasteiger partial charge in [-0.3, -0.25) is 4.79 Å². The standard InChI is InChI=1S/C21H20FNO4S2/c1-21(2,19(25)26)29-20-23-17(12-28-20)18(24)11-27-16-9-5-14(6-10-16)13-3-7-15(22)8-4-13/h3-10,12,18,24H,11H2,1-2H3,(H,25,26)/t18-/m1/s1. The molecule has 0 saturated carbocycles. The molecule has 152 valence electrons. The van der Waals surface area contributed by atoms with Crippen LogP contribution in [0, 0.1) is 5.82 Å². The van der Waals surface area contributed by atoms with E-state index in [1.165, 1.54) is 23.5 Å². The number of hydrogen-bond acceptors (Lipinski definition) is 6. The van der Waals surface area contributed by atoms with Gasteiger partial charge in [0, 0.05) is 5.38 Å². The van der Waals surface area contributed by atoms with Crippen molar-refractivity contribution in [1.82, 2.24) is 4.98 Å². The van der Waals surface area contributed by atoms with E-state index in [-0.39, 0.29) is 12.4 Å². The zero-order valence-electron chi connectivity index (χ0n) is 15.8. The molecule has 1 heterocycles. The van der Waals surface area contributed by atoms with Crippen molar-refractivity contribution in [1.29, 1.82) is 0 Å². The van der Waals surface area contributed by atoms with E-state index in [1.54, 1.807) is 43.5 Å². The third-order valence-electron chi connectivity index (χ3n) is 4.14. The lowest BCUT2D eigenvalue weighted by Gasteiger charge is -2.16. The Balaban J connectivity index is 1.57. The van der Waals surface area contributed by atoms with Gasteiger partial charge >= 0.3 is 5.97 Å². The third kappa shape index (κ3) is 5.56. The molecule has 29 heavy (non-hydrogen) atoms. The second-order valence-corrected chi connectivity index (χ2v) is 9.54. The van der Waals surface area contributed by atoms with Gasteiger partial charge in [-0.2, -0.15) is 0 Å². The van der Waals surface area contributed by atoms with Crippen LogP contribution in [0.3, 0.4) is 0 Å². The summed E-state index contributed by atoms with van der Waals surface area (Å²) < 4.78 is 18.2. The second kappa shape index (κ2) is 8.94. The van der Waals surface area contributed by atoms with Gasteiger partial charge in [-0.15, -0.1) is 11.3 Å². The Hall–Kier alpha value is -2.42. The fourth-order valence-electron chi connectivity index (χ4n) is 2.38. The van der Waals surface area contributed by atoms with Gasteiger partial charge in [0.05, 0.1) is 5.69 Å². The first-order chi connectivity index (χ1) is 13.7. The van der Waals surface area contributed by atoms with E-state index in [0.717, 1.165) is 22.9 Å². The van der Waals surface area contributed by atoms with E-state index in [4.69, 9.17) is 4.74 Å². The van der Waals surface area contributed by atoms with Crippen LogP contribution in [-0.2, 0) is 4.79 Å². The van der Waals surface area contributed by atoms with Gasteiger partial charge in [-0.05, 0) is 49.2 Å². The number of thiazole rings is 1. The predicted molar refractivity (Wildman–Crippen MR) is 112 cm³/mol. The van der Waals surface area contributed by atoms with Crippen LogP contribution < -0.4 is 4.74 Å². The second-order valence-electron chi connectivity index (χ2n) is 6.81. The number of ether oxygens (including phenoxy) is 1. The summed E-state index contributed by atoms with van der Waals surface area (Å²) in [6.07, 6.45) is -0.926. The molecule has 0 aliphatic heterocycles. The van der Waals surface area contributed by atoms with E-state index in [2.05, 4.69) is 4.98 Å². The Morgan fingerprint density at radius 1 is 1.17 bits per heavy atom. The molecule has 2 N–H and O–H groups in total. The number of hydrogen-bond donors (Lipinski definition) is 2. The molecule has 0 saturated heterocycles. The summed E-state index contributed by atoms with van der Waals surface area (Å²) in [5.41, 5.74) is 2.27. The van der Waals surface area contributed by atoms with Gasteiger partial charge in [-0.25, -0.2) is 9.37 Å². The lowest BCUT2D eigenvalue weighted by Crippen LogP contribution is -2.26. The van der Waals surface area contributed by atoms with Gasteiger partial charge in [-0.1, -0.05) is 36.0 Å². The quantitative estimate of drug-likeness (QED) is 0.486. The summed E-state index contributed by atoms with van der Waals surface area (Å²) in [5, 5.41) is 21.2. The minimum absolute atomic E-state index is 0.0199. The van der Waals surface area contributed by atoms with E-state index in [9.17, 15) is 19.4 Å². The van der Waals surface area contributed by atoms with Crippen LogP contribution in [0.1, 0.15) is 25.6 Å². The maximum absolute atomic E-state index is 13.0. The molecule has 3 rings (SSSR count). The molecule has 1 aromatic heterocycles. The number of aromatic nitrogens is 1. The predicted octanol–water partition coefficient (Wildman–Crippen LogP) is 5.02. The molecular formula is C21H20FNO4S2. The Kier molecular flexibility index (Phi) is 6.56. The molecular weight excluding hydrogens is 413 g/mol. The summed E-state index contributed by atoms with van der Waals surface area (Å²) in [4.78, 5) is 15.5. The molecule has 0 amide bonds. The highest BCUT2D eigenvalue weighted by Gasteiger charge is 2.30. The van der Waals surface area contributed by atoms with Crippen molar-refractivity contribution in [3.63, 3.8) is 0 Å². The highest BCUT2D eigenvalue weighted by Crippen LogP contribution is 2.35. The number of halogens is 1. The van der Waals surface area contributed by atoms with Crippen molar-refractivity contribution in [2.24, 2.45) is 0 Å². The number of rotatable bonds is 8. The van der Waals surface area contributed by atoms with E-state index < -0.39 is 16.8 Å². The Morgan fingerprint density at radius 3 is 2.34 bits per heavy atom. The number of benzene rings is 2. The first-order valence-electron chi connectivity index (χ1n) is 8.79. The van der Waals surface area contributed by atoms with Crippen molar-refractivity contribution >= 4 is 29.1 Å². The topological polar surface area (TPSA) is 79.7 Å². The summed E-state index contributed by atoms with van der Waals surface area (Å²) in [7, 11) is 0. The van der Waals surface area contributed by atoms with Crippen LogP contribution in [0.5, 0.6) is 5.75 Å². The van der Waals surface area contributed by atoms with Crippen LogP contribution in [0.4, 0.5) is 4.39 Å². The van der Waals surface area contributed by atoms with Crippen LogP contribution in [0.25, 0.3) is 11.1 Å². The molecule has 0 aliphatic rings. The number of aliphatic hydroxyl groups excluding tert-OH is 1. The number of nitrogens with zero attached hydrogens (tertiary/aromatic N) is 1. The van der Waals surface area contributed by atoms with Crippen molar-refractivity contribution in [2.75, 3.05) is 6.61 Å². The van der Waals surface area contributed by atoms with E-state index >= 15 is 0 Å². The number of carboxylic acid groups (broad SMARTS) is 1. The average Bonchev–Trinajstić information content (AvgIpc) is 3.15. The zero-order valence-corrected chi connectivity index (χ0v) is 17.5. The third-order valence-corrected chi connectivity index (χ3v) is 6.28. The summed E-state index contributed by atoms with van der Waals surface area (Å²) in [5.74, 6) is -0.614. The van der Waals surface area contributed by atoms with Crippen molar-refractivity contribution in [2.45, 2.75) is 29.0 Å². The highest BCUT2D eigenvalue weighted by atomic mass is 32.2. The summed E-state index contributed by atoms with van der Waals surface area (Å²) in [6, 6.07) is 13.5. The Bertz CT molecular complexity index is 971. The maximum Gasteiger partial charge on any atom is 0.319 e. The minimum Gasteiger partial charge on any atom is -0.490 e. The number of carboxylic acids is 1. The van der Waals surface area contributed by atoms with Crippen molar-refractivity contribution in [3.8, 4) is 16.9 Å². The number of aliphatic carboxylic acids is 1. The van der Waals surface area contributed by atoms with Crippen LogP contribution in [0.2, 0.25) is 0 Å². The Labute approximate surface area is 176 Å². The molecule has 0 bridgehead atoms. The summed E-state index contributed by atoms with van der Waals surface area (Å²) >= 11 is 2.43. The van der Waals surface area contributed by atoms with Crippen LogP contribution >= 0.6 is 23.1 Å². The largest absolute Gasteiger partial charge is 0.490 e. The zero-order chi connectivity index (χ0) is 21.0. The summed E-state index contributed by atoms with van der Waals surface area (Å²) in [6.45, 7) is 3.23. The molecule has 0 spiro atoms. The van der Waals surface area contributed by atoms with Gasteiger partial charge in [0.25, 0.3) is 0 Å². The monoisotopic (exact) mass is 433 g/mol. The van der Waals surface area contributed by atoms with Crippen molar-refractivity contribution in [3.05, 3.63) is 65.4 Å². The van der Waals surface area contributed by atoms with Gasteiger partial charge in [0.15, 0.2) is 4.34 Å². The molecule has 3 aromatic rings. The molecule has 0 fully saturated rings. The fraction of sp³-hybridized carbons (Fsp3) is 0.238. The number of aliphatic hydroxyl groups is 1. The smallest absolute Gasteiger partial charge is 0.319 e. The Morgan fingerprint density at radius 2 is 1.76 bits per heavy atom. The lowest BCUT2D eigenvalue weighted by molar-refractivity contribution is -0.138. The van der Waals surface area contributed by atoms with Crippen molar-refractivity contribution < 1.29 is 24.1 Å². The van der Waals surface area contributed by atoms with Crippen LogP contribution in [-0.4, -0.2) is 32.5 Å². The SMILES string of the molecule is CC(C)(Sc1nc([C@H](O)COc2ccc(-c3ccc(F)cc3)cc2)cs1)C(=O)O. The van der Waals surface area contributed by atoms with Gasteiger partial charge < -0.3 is 14.9 Å². The van der Waals surface area contributed by atoms with Crippen LogP contribution in [0.15, 0.2) is 58.3 Å². The highest BCUT2D eigenvalue weighted by molar-refractivity contribution is 8.02. The fourth-order valence-corrected chi connectivity index (χ4v) is 4.60. The lowest BCUT2D eigenvalue weighted by atomic mass is 10.1. The molecule has 5 nitrogen and oxygen atoms in total. The molecule has 0 radical (unpaired) electrons. The normalized spacial score (nSPS) is 12.6. The molecule has 2 aromatic carbocycles. The molecule has 8 heteroatoms. The number of thioether (sulfide) groups is 1. The van der Waals surface area contributed by atoms with Gasteiger partial charge in [0.2, 0.25) is 0 Å². The van der Waals surface area contributed by atoms with E-state index in [1.807, 2.05) is 12.1 Å². The first kappa shape index (κ1) is 21.3. The average molecular weight is 434 g/mol. The molecule has 1 atom stereocenters. The van der Waals surface area contributed by atoms with Gasteiger partial charge in [0.1, 0.15) is 29.0 Å². The molecule has 0 unspecified atom stereocenters. The van der Waals surface area contributed by atoms with E-state index in [0.29, 0.717) is 15.8 Å².